The highest BCUT2D eigenvalue weighted by molar-refractivity contribution is 9.10. The Kier molecular flexibility index (Phi) is 3.24. The first-order valence-electron chi connectivity index (χ1n) is 5.20. The third-order valence-corrected chi connectivity index (χ3v) is 3.33. The zero-order valence-corrected chi connectivity index (χ0v) is 9.96. The zero-order chi connectivity index (χ0) is 9.97. The van der Waals surface area contributed by atoms with Gasteiger partial charge in [-0.25, -0.2) is 0 Å². The largest absolute Gasteiger partial charge is 0.370 e. The topological polar surface area (TPSA) is 9.23 Å². The van der Waals surface area contributed by atoms with Crippen LogP contribution < -0.4 is 0 Å². The number of hydrogen-bond donors (Lipinski definition) is 0. The third kappa shape index (κ3) is 2.18. The molecule has 1 aliphatic heterocycles. The van der Waals surface area contributed by atoms with Crippen molar-refractivity contribution in [3.8, 4) is 0 Å². The fraction of sp³-hybridized carbons (Fsp3) is 0.500. The summed E-state index contributed by atoms with van der Waals surface area (Å²) in [4.78, 5) is 0. The molecule has 1 saturated heterocycles. The van der Waals surface area contributed by atoms with Crippen LogP contribution in [0, 0.1) is 0 Å². The van der Waals surface area contributed by atoms with E-state index in [1.165, 1.54) is 18.4 Å². The van der Waals surface area contributed by atoms with E-state index in [2.05, 4.69) is 47.1 Å². The molecule has 0 N–H and O–H groups in total. The Morgan fingerprint density at radius 3 is 2.57 bits per heavy atom. The van der Waals surface area contributed by atoms with E-state index in [-0.39, 0.29) is 0 Å². The van der Waals surface area contributed by atoms with Gasteiger partial charge in [-0.1, -0.05) is 35.0 Å². The fourth-order valence-corrected chi connectivity index (χ4v) is 2.19. The Morgan fingerprint density at radius 1 is 1.29 bits per heavy atom. The van der Waals surface area contributed by atoms with E-state index in [0.717, 1.165) is 10.9 Å². The van der Waals surface area contributed by atoms with Crippen LogP contribution in [0.3, 0.4) is 0 Å². The molecule has 0 aromatic heterocycles. The molecule has 1 heterocycles. The molecule has 1 aliphatic rings. The lowest BCUT2D eigenvalue weighted by Crippen LogP contribution is -2.04. The van der Waals surface area contributed by atoms with E-state index in [0.29, 0.717) is 12.2 Å². The molecule has 2 rings (SSSR count). The highest BCUT2D eigenvalue weighted by atomic mass is 79.9. The minimum Gasteiger partial charge on any atom is -0.370 e. The summed E-state index contributed by atoms with van der Waals surface area (Å²) in [6, 6.07) is 8.45. The second-order valence-corrected chi connectivity index (χ2v) is 4.70. The third-order valence-electron chi connectivity index (χ3n) is 2.80. The summed E-state index contributed by atoms with van der Waals surface area (Å²) in [5.74, 6) is 0. The Labute approximate surface area is 93.6 Å². The lowest BCUT2D eigenvalue weighted by atomic mass is 10.1. The Balaban J connectivity index is 2.06. The standard InChI is InChI=1S/C12H15BrO/c1-2-11-7-8-12(14-11)9-3-5-10(13)6-4-9/h3-6,11-12H,2,7-8H2,1H3. The SMILES string of the molecule is CCC1CCC(c2ccc(Br)cc2)O1. The van der Waals surface area contributed by atoms with E-state index < -0.39 is 0 Å². The van der Waals surface area contributed by atoms with E-state index in [1.54, 1.807) is 0 Å². The maximum atomic E-state index is 5.92. The normalized spacial score (nSPS) is 26.7. The summed E-state index contributed by atoms with van der Waals surface area (Å²) < 4.78 is 7.05. The van der Waals surface area contributed by atoms with Crippen molar-refractivity contribution in [1.29, 1.82) is 0 Å². The van der Waals surface area contributed by atoms with Gasteiger partial charge in [0.15, 0.2) is 0 Å². The molecule has 0 spiro atoms. The first-order chi connectivity index (χ1) is 6.79. The lowest BCUT2D eigenvalue weighted by Gasteiger charge is -2.12. The van der Waals surface area contributed by atoms with E-state index in [4.69, 9.17) is 4.74 Å². The molecule has 2 heteroatoms. The van der Waals surface area contributed by atoms with Gasteiger partial charge < -0.3 is 4.74 Å². The van der Waals surface area contributed by atoms with Gasteiger partial charge in [-0.2, -0.15) is 0 Å². The molecule has 0 bridgehead atoms. The minimum absolute atomic E-state index is 0.327. The fourth-order valence-electron chi connectivity index (χ4n) is 1.93. The summed E-state index contributed by atoms with van der Waals surface area (Å²) in [6.07, 6.45) is 4.31. The van der Waals surface area contributed by atoms with Crippen LogP contribution >= 0.6 is 15.9 Å². The molecule has 14 heavy (non-hydrogen) atoms. The van der Waals surface area contributed by atoms with Crippen LogP contribution in [0.25, 0.3) is 0 Å². The summed E-state index contributed by atoms with van der Waals surface area (Å²) in [6.45, 7) is 2.19. The molecule has 1 aromatic carbocycles. The summed E-state index contributed by atoms with van der Waals surface area (Å²) in [5, 5.41) is 0. The molecule has 1 fully saturated rings. The molecule has 1 aromatic rings. The average molecular weight is 255 g/mol. The lowest BCUT2D eigenvalue weighted by molar-refractivity contribution is 0.0428. The van der Waals surface area contributed by atoms with E-state index >= 15 is 0 Å². The molecule has 1 nitrogen and oxygen atoms in total. The molecule has 0 saturated carbocycles. The van der Waals surface area contributed by atoms with Crippen LogP contribution in [0.1, 0.15) is 37.9 Å². The van der Waals surface area contributed by atoms with Crippen molar-refractivity contribution in [2.45, 2.75) is 38.4 Å². The van der Waals surface area contributed by atoms with Crippen LogP contribution in [0.4, 0.5) is 0 Å². The van der Waals surface area contributed by atoms with Crippen LogP contribution in [0.15, 0.2) is 28.7 Å². The first-order valence-corrected chi connectivity index (χ1v) is 6.00. The Hall–Kier alpha value is -0.340. The van der Waals surface area contributed by atoms with Gasteiger partial charge in [0.2, 0.25) is 0 Å². The van der Waals surface area contributed by atoms with Gasteiger partial charge >= 0.3 is 0 Å². The second kappa shape index (κ2) is 4.45. The maximum absolute atomic E-state index is 5.92. The van der Waals surface area contributed by atoms with Crippen molar-refractivity contribution < 1.29 is 4.74 Å². The van der Waals surface area contributed by atoms with Crippen molar-refractivity contribution in [3.63, 3.8) is 0 Å². The van der Waals surface area contributed by atoms with Crippen LogP contribution in [0.2, 0.25) is 0 Å². The van der Waals surface area contributed by atoms with Gasteiger partial charge in [-0.3, -0.25) is 0 Å². The van der Waals surface area contributed by atoms with Gasteiger partial charge in [-0.05, 0) is 37.0 Å². The molecule has 76 valence electrons. The van der Waals surface area contributed by atoms with Crippen molar-refractivity contribution in [1.82, 2.24) is 0 Å². The van der Waals surface area contributed by atoms with Crippen molar-refractivity contribution in [2.75, 3.05) is 0 Å². The number of ether oxygens (including phenoxy) is 1. The Morgan fingerprint density at radius 2 is 2.00 bits per heavy atom. The van der Waals surface area contributed by atoms with Gasteiger partial charge in [0.25, 0.3) is 0 Å². The van der Waals surface area contributed by atoms with Gasteiger partial charge in [-0.15, -0.1) is 0 Å². The van der Waals surface area contributed by atoms with E-state index in [9.17, 15) is 0 Å². The molecular formula is C12H15BrO. The quantitative estimate of drug-likeness (QED) is 0.773. The monoisotopic (exact) mass is 254 g/mol. The highest BCUT2D eigenvalue weighted by Crippen LogP contribution is 2.34. The Bertz CT molecular complexity index is 294. The summed E-state index contributed by atoms with van der Waals surface area (Å²) >= 11 is 3.44. The summed E-state index contributed by atoms with van der Waals surface area (Å²) in [7, 11) is 0. The number of halogens is 1. The molecule has 0 aliphatic carbocycles. The summed E-state index contributed by atoms with van der Waals surface area (Å²) in [5.41, 5.74) is 1.31. The predicted octanol–water partition coefficient (Wildman–Crippen LogP) is 4.08. The van der Waals surface area contributed by atoms with Gasteiger partial charge in [0.1, 0.15) is 0 Å². The van der Waals surface area contributed by atoms with Gasteiger partial charge in [0, 0.05) is 4.47 Å². The maximum Gasteiger partial charge on any atom is 0.0829 e. The van der Waals surface area contributed by atoms with Crippen molar-refractivity contribution >= 4 is 15.9 Å². The number of benzene rings is 1. The molecule has 0 radical (unpaired) electrons. The molecule has 2 atom stereocenters. The van der Waals surface area contributed by atoms with Crippen LogP contribution in [-0.4, -0.2) is 6.10 Å². The number of hydrogen-bond acceptors (Lipinski definition) is 1. The highest BCUT2D eigenvalue weighted by Gasteiger charge is 2.24. The predicted molar refractivity (Wildman–Crippen MR) is 61.3 cm³/mol. The first kappa shape index (κ1) is 10.2. The average Bonchev–Trinajstić information content (AvgIpc) is 2.67. The van der Waals surface area contributed by atoms with Crippen molar-refractivity contribution in [2.24, 2.45) is 0 Å². The second-order valence-electron chi connectivity index (χ2n) is 3.78. The zero-order valence-electron chi connectivity index (χ0n) is 8.37. The smallest absolute Gasteiger partial charge is 0.0829 e. The van der Waals surface area contributed by atoms with Crippen LogP contribution in [0.5, 0.6) is 0 Å². The van der Waals surface area contributed by atoms with E-state index in [1.807, 2.05) is 0 Å². The molecule has 0 amide bonds. The molecular weight excluding hydrogens is 240 g/mol. The minimum atomic E-state index is 0.327. The number of rotatable bonds is 2. The van der Waals surface area contributed by atoms with Crippen molar-refractivity contribution in [3.05, 3.63) is 34.3 Å². The van der Waals surface area contributed by atoms with Gasteiger partial charge in [0.05, 0.1) is 12.2 Å². The van der Waals surface area contributed by atoms with Crippen LogP contribution in [-0.2, 0) is 4.74 Å². The molecule has 2 unspecified atom stereocenters.